The number of aromatic nitrogens is 2. The molecule has 0 bridgehead atoms. The molecular formula is C23H18F4N4O4. The predicted octanol–water partition coefficient (Wildman–Crippen LogP) is 2.28. The summed E-state index contributed by atoms with van der Waals surface area (Å²) in [4.78, 5) is 31.2. The zero-order chi connectivity index (χ0) is 25.2. The highest BCUT2D eigenvalue weighted by molar-refractivity contribution is 5.95. The maximum absolute atomic E-state index is 14.3. The van der Waals surface area contributed by atoms with Crippen LogP contribution in [0.3, 0.4) is 0 Å². The SMILES string of the molecule is NC(=O)[C@@]12CC1Oc1c2cc(C(O)(CNC(=O)c2cc[nH]c2)C(F)(F)F)nc1-c1ccc(F)cc1. The van der Waals surface area contributed by atoms with E-state index in [9.17, 15) is 32.3 Å². The highest BCUT2D eigenvalue weighted by atomic mass is 19.4. The van der Waals surface area contributed by atoms with Gasteiger partial charge in [0, 0.05) is 29.9 Å². The van der Waals surface area contributed by atoms with Gasteiger partial charge in [0.25, 0.3) is 5.91 Å². The molecule has 1 saturated carbocycles. The summed E-state index contributed by atoms with van der Waals surface area (Å²) in [5.41, 5.74) is -0.0993. The molecule has 0 saturated heterocycles. The molecule has 0 spiro atoms. The number of amides is 2. The molecule has 5 N–H and O–H groups in total. The number of rotatable bonds is 6. The van der Waals surface area contributed by atoms with E-state index in [1.165, 1.54) is 30.6 Å². The molecule has 2 aliphatic rings. The van der Waals surface area contributed by atoms with E-state index < -0.39 is 53.2 Å². The lowest BCUT2D eigenvalue weighted by Crippen LogP contribution is -2.51. The molecule has 2 amide bonds. The normalized spacial score (nSPS) is 21.9. The largest absolute Gasteiger partial charge is 0.486 e. The van der Waals surface area contributed by atoms with Crippen molar-refractivity contribution >= 4 is 11.8 Å². The Morgan fingerprint density at radius 1 is 1.26 bits per heavy atom. The number of nitrogens with one attached hydrogen (secondary N) is 2. The number of halogens is 4. The highest BCUT2D eigenvalue weighted by Gasteiger charge is 2.69. The molecule has 2 aromatic heterocycles. The molecule has 1 aliphatic heterocycles. The molecule has 3 atom stereocenters. The lowest BCUT2D eigenvalue weighted by molar-refractivity contribution is -0.265. The van der Waals surface area contributed by atoms with Crippen molar-refractivity contribution in [2.24, 2.45) is 5.73 Å². The fourth-order valence-electron chi connectivity index (χ4n) is 4.30. The van der Waals surface area contributed by atoms with Crippen LogP contribution in [-0.4, -0.2) is 45.7 Å². The van der Waals surface area contributed by atoms with Crippen LogP contribution in [0.15, 0.2) is 48.8 Å². The Bertz CT molecular complexity index is 1330. The van der Waals surface area contributed by atoms with Crippen LogP contribution < -0.4 is 15.8 Å². The summed E-state index contributed by atoms with van der Waals surface area (Å²) >= 11 is 0. The summed E-state index contributed by atoms with van der Waals surface area (Å²) in [5.74, 6) is -2.19. The summed E-state index contributed by atoms with van der Waals surface area (Å²) in [6, 6.07) is 7.03. The van der Waals surface area contributed by atoms with Crippen LogP contribution in [0.2, 0.25) is 0 Å². The Morgan fingerprint density at radius 3 is 2.57 bits per heavy atom. The van der Waals surface area contributed by atoms with Gasteiger partial charge in [0.1, 0.15) is 23.0 Å². The van der Waals surface area contributed by atoms with Gasteiger partial charge in [0.05, 0.1) is 17.8 Å². The second-order valence-electron chi connectivity index (χ2n) is 8.53. The number of fused-ring (bicyclic) bond motifs is 3. The Hall–Kier alpha value is -3.93. The number of aliphatic hydroxyl groups is 1. The van der Waals surface area contributed by atoms with Crippen molar-refractivity contribution in [1.29, 1.82) is 0 Å². The number of hydrogen-bond donors (Lipinski definition) is 4. The smallest absolute Gasteiger partial charge is 0.424 e. The Morgan fingerprint density at radius 2 is 1.97 bits per heavy atom. The first-order valence-corrected chi connectivity index (χ1v) is 10.5. The van der Waals surface area contributed by atoms with E-state index in [1.54, 1.807) is 0 Å². The van der Waals surface area contributed by atoms with Gasteiger partial charge in [-0.15, -0.1) is 0 Å². The quantitative estimate of drug-likeness (QED) is 0.394. The van der Waals surface area contributed by atoms with E-state index in [4.69, 9.17) is 10.5 Å². The minimum atomic E-state index is -5.28. The number of aromatic amines is 1. The Balaban J connectivity index is 1.64. The fraction of sp³-hybridized carbons (Fsp3) is 0.261. The van der Waals surface area contributed by atoms with E-state index >= 15 is 0 Å². The number of carbonyl (C=O) groups excluding carboxylic acids is 2. The van der Waals surface area contributed by atoms with E-state index in [2.05, 4.69) is 15.3 Å². The van der Waals surface area contributed by atoms with Crippen LogP contribution in [-0.2, 0) is 15.8 Å². The number of ether oxygens (including phenoxy) is 1. The number of carbonyl (C=O) groups is 2. The highest BCUT2D eigenvalue weighted by Crippen LogP contribution is 2.61. The first-order valence-electron chi connectivity index (χ1n) is 10.5. The van der Waals surface area contributed by atoms with Gasteiger partial charge in [-0.2, -0.15) is 13.2 Å². The molecule has 5 rings (SSSR count). The van der Waals surface area contributed by atoms with Gasteiger partial charge >= 0.3 is 6.18 Å². The van der Waals surface area contributed by atoms with E-state index in [0.29, 0.717) is 0 Å². The van der Waals surface area contributed by atoms with Crippen molar-refractivity contribution in [2.75, 3.05) is 6.54 Å². The average Bonchev–Trinajstić information content (AvgIpc) is 3.15. The third-order valence-electron chi connectivity index (χ3n) is 6.43. The number of pyridine rings is 1. The number of hydrogen-bond acceptors (Lipinski definition) is 5. The second-order valence-corrected chi connectivity index (χ2v) is 8.53. The molecule has 2 unspecified atom stereocenters. The van der Waals surface area contributed by atoms with Gasteiger partial charge < -0.3 is 25.9 Å². The van der Waals surface area contributed by atoms with Crippen LogP contribution in [0.25, 0.3) is 11.3 Å². The van der Waals surface area contributed by atoms with Crippen LogP contribution in [0.1, 0.15) is 28.0 Å². The fourth-order valence-corrected chi connectivity index (χ4v) is 4.30. The molecule has 1 aromatic carbocycles. The number of alkyl halides is 3. The first-order chi connectivity index (χ1) is 16.5. The van der Waals surface area contributed by atoms with Gasteiger partial charge in [-0.3, -0.25) is 9.59 Å². The molecule has 1 fully saturated rings. The van der Waals surface area contributed by atoms with Crippen molar-refractivity contribution in [1.82, 2.24) is 15.3 Å². The molecule has 0 radical (unpaired) electrons. The maximum Gasteiger partial charge on any atom is 0.424 e. The zero-order valence-corrected chi connectivity index (χ0v) is 17.8. The third kappa shape index (κ3) is 3.43. The summed E-state index contributed by atoms with van der Waals surface area (Å²) in [5, 5.41) is 13.0. The van der Waals surface area contributed by atoms with Crippen molar-refractivity contribution in [3.63, 3.8) is 0 Å². The molecule has 182 valence electrons. The summed E-state index contributed by atoms with van der Waals surface area (Å²) in [7, 11) is 0. The number of benzene rings is 1. The predicted molar refractivity (Wildman–Crippen MR) is 113 cm³/mol. The molecule has 3 aromatic rings. The second kappa shape index (κ2) is 7.54. The Kier molecular flexibility index (Phi) is 4.92. The van der Waals surface area contributed by atoms with Crippen LogP contribution in [0, 0.1) is 5.82 Å². The number of primary amides is 1. The van der Waals surface area contributed by atoms with Crippen molar-refractivity contribution in [3.05, 3.63) is 71.4 Å². The zero-order valence-electron chi connectivity index (χ0n) is 17.8. The van der Waals surface area contributed by atoms with Crippen molar-refractivity contribution < 1.29 is 37.0 Å². The summed E-state index contributed by atoms with van der Waals surface area (Å²) in [6.45, 7) is -1.26. The maximum atomic E-state index is 14.3. The van der Waals surface area contributed by atoms with Gasteiger partial charge in [0.15, 0.2) is 5.75 Å². The lowest BCUT2D eigenvalue weighted by Gasteiger charge is -2.31. The number of nitrogens with two attached hydrogens (primary N) is 1. The van der Waals surface area contributed by atoms with Gasteiger partial charge in [0.2, 0.25) is 11.5 Å². The number of H-pyrrole nitrogens is 1. The van der Waals surface area contributed by atoms with Crippen LogP contribution in [0.5, 0.6) is 5.75 Å². The first kappa shape index (κ1) is 22.8. The van der Waals surface area contributed by atoms with Gasteiger partial charge in [-0.05, 0) is 36.4 Å². The third-order valence-corrected chi connectivity index (χ3v) is 6.43. The summed E-state index contributed by atoms with van der Waals surface area (Å²) in [6.07, 6.45) is -3.10. The van der Waals surface area contributed by atoms with Crippen molar-refractivity contribution in [3.8, 4) is 17.0 Å². The molecular weight excluding hydrogens is 472 g/mol. The van der Waals surface area contributed by atoms with Gasteiger partial charge in [-0.1, -0.05) is 0 Å². The molecule has 12 heteroatoms. The monoisotopic (exact) mass is 490 g/mol. The van der Waals surface area contributed by atoms with Gasteiger partial charge in [-0.25, -0.2) is 9.37 Å². The van der Waals surface area contributed by atoms with E-state index in [1.807, 2.05) is 0 Å². The molecule has 35 heavy (non-hydrogen) atoms. The average molecular weight is 490 g/mol. The van der Waals surface area contributed by atoms with Crippen LogP contribution >= 0.6 is 0 Å². The Labute approximate surface area is 195 Å². The minimum Gasteiger partial charge on any atom is -0.486 e. The standard InChI is InChI=1S/C23H18F4N4O4/c24-13-3-1-11(2-4-13)17-18-14(21(20(28)33)8-16(21)35-18)7-15(31-17)22(34,23(25,26)27)10-30-19(32)12-5-6-29-9-12/h1-7,9,16,29,34H,8,10H2,(H2,28,33)(H,30,32)/t16?,21-,22?/m1/s1. The van der Waals surface area contributed by atoms with E-state index in [-0.39, 0.29) is 34.6 Å². The lowest BCUT2D eigenvalue weighted by atomic mass is 9.89. The van der Waals surface area contributed by atoms with E-state index in [0.717, 1.165) is 18.2 Å². The molecule has 8 nitrogen and oxygen atoms in total. The summed E-state index contributed by atoms with van der Waals surface area (Å²) < 4.78 is 62.0. The van der Waals surface area contributed by atoms with Crippen molar-refractivity contribution in [2.45, 2.75) is 29.7 Å². The number of nitrogens with zero attached hydrogens (tertiary/aromatic N) is 1. The van der Waals surface area contributed by atoms with Crippen LogP contribution in [0.4, 0.5) is 17.6 Å². The molecule has 3 heterocycles. The molecule has 1 aliphatic carbocycles. The minimum absolute atomic E-state index is 0.0382. The topological polar surface area (TPSA) is 130 Å².